The third-order valence-electron chi connectivity index (χ3n) is 3.90. The molecule has 2 aromatic carbocycles. The highest BCUT2D eigenvalue weighted by Crippen LogP contribution is 2.28. The van der Waals surface area contributed by atoms with Crippen LogP contribution < -0.4 is 19.5 Å². The van der Waals surface area contributed by atoms with Gasteiger partial charge in [-0.05, 0) is 36.4 Å². The number of hydrogen-bond acceptors (Lipinski definition) is 7. The highest BCUT2D eigenvalue weighted by Gasteiger charge is 2.12. The van der Waals surface area contributed by atoms with Crippen molar-refractivity contribution in [3.8, 4) is 17.2 Å². The number of nitrogens with one attached hydrogen (secondary N) is 1. The number of hydrogen-bond donors (Lipinski definition) is 1. The van der Waals surface area contributed by atoms with Crippen molar-refractivity contribution in [2.24, 2.45) is 0 Å². The largest absolute Gasteiger partial charge is 0.497 e. The third-order valence-corrected chi connectivity index (χ3v) is 3.90. The first kappa shape index (κ1) is 21.7. The summed E-state index contributed by atoms with van der Waals surface area (Å²) >= 11 is 0. The van der Waals surface area contributed by atoms with Crippen molar-refractivity contribution in [2.75, 3.05) is 32.8 Å². The minimum Gasteiger partial charge on any atom is -0.497 e. The summed E-state index contributed by atoms with van der Waals surface area (Å²) in [7, 11) is 2.98. The van der Waals surface area contributed by atoms with Gasteiger partial charge in [0, 0.05) is 18.1 Å². The number of carbonyl (C=O) groups is 3. The zero-order valence-corrected chi connectivity index (χ0v) is 16.5. The van der Waals surface area contributed by atoms with E-state index in [0.29, 0.717) is 34.9 Å². The van der Waals surface area contributed by atoms with Crippen molar-refractivity contribution in [3.05, 3.63) is 48.0 Å². The van der Waals surface area contributed by atoms with E-state index < -0.39 is 18.5 Å². The molecule has 0 atom stereocenters. The summed E-state index contributed by atoms with van der Waals surface area (Å²) in [5.41, 5.74) is 0.970. The Morgan fingerprint density at radius 3 is 2.21 bits per heavy atom. The Hall–Kier alpha value is -3.55. The first-order valence-electron chi connectivity index (χ1n) is 8.90. The Balaban J connectivity index is 1.80. The van der Waals surface area contributed by atoms with E-state index in [1.807, 2.05) is 0 Å². The Morgan fingerprint density at radius 1 is 0.897 bits per heavy atom. The Labute approximate surface area is 168 Å². The molecule has 29 heavy (non-hydrogen) atoms. The molecule has 8 nitrogen and oxygen atoms in total. The van der Waals surface area contributed by atoms with Gasteiger partial charge in [-0.15, -0.1) is 0 Å². The molecule has 0 heterocycles. The number of carbonyl (C=O) groups excluding carboxylic acids is 3. The SMILES string of the molecule is CCC(=O)c1ccc(OCC(=O)OCC(=O)Nc2cc(OC)ccc2OC)cc1. The topological polar surface area (TPSA) is 100 Å². The fourth-order valence-corrected chi connectivity index (χ4v) is 2.37. The summed E-state index contributed by atoms with van der Waals surface area (Å²) < 4.78 is 20.5. The number of rotatable bonds is 10. The molecule has 0 saturated carbocycles. The molecule has 0 fully saturated rings. The number of Topliss-reactive ketones (excluding diaryl/α,β-unsaturated/α-hetero) is 1. The lowest BCUT2D eigenvalue weighted by Gasteiger charge is -2.12. The van der Waals surface area contributed by atoms with Crippen LogP contribution in [0.15, 0.2) is 42.5 Å². The van der Waals surface area contributed by atoms with Crippen LogP contribution >= 0.6 is 0 Å². The van der Waals surface area contributed by atoms with Gasteiger partial charge in [-0.2, -0.15) is 0 Å². The summed E-state index contributed by atoms with van der Waals surface area (Å²) in [6.45, 7) is 0.937. The lowest BCUT2D eigenvalue weighted by molar-refractivity contribution is -0.149. The summed E-state index contributed by atoms with van der Waals surface area (Å²) in [4.78, 5) is 35.4. The number of anilines is 1. The summed E-state index contributed by atoms with van der Waals surface area (Å²) in [5.74, 6) is 0.186. The molecule has 0 aromatic heterocycles. The molecule has 0 aliphatic rings. The van der Waals surface area contributed by atoms with E-state index in [1.165, 1.54) is 14.2 Å². The molecule has 2 rings (SSSR count). The lowest BCUT2D eigenvalue weighted by atomic mass is 10.1. The van der Waals surface area contributed by atoms with E-state index in [2.05, 4.69) is 5.32 Å². The average molecular weight is 401 g/mol. The molecule has 0 unspecified atom stereocenters. The van der Waals surface area contributed by atoms with Crippen molar-refractivity contribution < 1.29 is 33.3 Å². The molecule has 1 amide bonds. The van der Waals surface area contributed by atoms with Crippen LogP contribution in [0.5, 0.6) is 17.2 Å². The highest BCUT2D eigenvalue weighted by molar-refractivity contribution is 5.96. The third kappa shape index (κ3) is 6.53. The predicted octanol–water partition coefficient (Wildman–Crippen LogP) is 2.86. The second-order valence-corrected chi connectivity index (χ2v) is 5.86. The van der Waals surface area contributed by atoms with E-state index in [0.717, 1.165) is 0 Å². The molecule has 0 radical (unpaired) electrons. The first-order chi connectivity index (χ1) is 14.0. The number of esters is 1. The van der Waals surface area contributed by atoms with Crippen LogP contribution in [-0.4, -0.2) is 45.1 Å². The molecule has 0 aliphatic carbocycles. The molecule has 1 N–H and O–H groups in total. The molecule has 0 bridgehead atoms. The number of ether oxygens (including phenoxy) is 4. The number of amides is 1. The second kappa shape index (κ2) is 10.7. The molecule has 2 aromatic rings. The van der Waals surface area contributed by atoms with E-state index >= 15 is 0 Å². The maximum Gasteiger partial charge on any atom is 0.344 e. The molecule has 0 spiro atoms. The standard InChI is InChI=1S/C21H23NO7/c1-4-18(23)14-5-7-15(8-6-14)28-13-21(25)29-12-20(24)22-17-11-16(26-2)9-10-19(17)27-3/h5-11H,4,12-13H2,1-3H3,(H,22,24). The van der Waals surface area contributed by atoms with Gasteiger partial charge in [-0.3, -0.25) is 9.59 Å². The highest BCUT2D eigenvalue weighted by atomic mass is 16.6. The van der Waals surface area contributed by atoms with Crippen LogP contribution in [0.4, 0.5) is 5.69 Å². The number of benzene rings is 2. The monoisotopic (exact) mass is 401 g/mol. The predicted molar refractivity (Wildman–Crippen MR) is 106 cm³/mol. The van der Waals surface area contributed by atoms with E-state index in [4.69, 9.17) is 18.9 Å². The van der Waals surface area contributed by atoms with Crippen molar-refractivity contribution in [2.45, 2.75) is 13.3 Å². The lowest BCUT2D eigenvalue weighted by Crippen LogP contribution is -2.23. The van der Waals surface area contributed by atoms with Crippen LogP contribution in [0.1, 0.15) is 23.7 Å². The Morgan fingerprint density at radius 2 is 1.59 bits per heavy atom. The van der Waals surface area contributed by atoms with Crippen LogP contribution in [0.3, 0.4) is 0 Å². The van der Waals surface area contributed by atoms with Gasteiger partial charge in [-0.25, -0.2) is 4.79 Å². The van der Waals surface area contributed by atoms with E-state index in [-0.39, 0.29) is 12.4 Å². The molecular weight excluding hydrogens is 378 g/mol. The van der Waals surface area contributed by atoms with Crippen LogP contribution in [0, 0.1) is 0 Å². The first-order valence-corrected chi connectivity index (χ1v) is 8.90. The molecule has 0 aliphatic heterocycles. The smallest absolute Gasteiger partial charge is 0.344 e. The van der Waals surface area contributed by atoms with E-state index in [1.54, 1.807) is 49.4 Å². The average Bonchev–Trinajstić information content (AvgIpc) is 2.75. The molecule has 8 heteroatoms. The van der Waals surface area contributed by atoms with Crippen molar-refractivity contribution >= 4 is 23.3 Å². The molecule has 0 saturated heterocycles. The minimum absolute atomic E-state index is 0.0228. The summed E-state index contributed by atoms with van der Waals surface area (Å²) in [6.07, 6.45) is 0.413. The second-order valence-electron chi connectivity index (χ2n) is 5.86. The van der Waals surface area contributed by atoms with Crippen LogP contribution in [-0.2, 0) is 14.3 Å². The van der Waals surface area contributed by atoms with Gasteiger partial charge in [0.25, 0.3) is 5.91 Å². The Bertz CT molecular complexity index is 862. The normalized spacial score (nSPS) is 10.0. The van der Waals surface area contributed by atoms with Gasteiger partial charge < -0.3 is 24.3 Å². The number of methoxy groups -OCH3 is 2. The van der Waals surface area contributed by atoms with E-state index in [9.17, 15) is 14.4 Å². The molecule has 154 valence electrons. The zero-order valence-electron chi connectivity index (χ0n) is 16.5. The van der Waals surface area contributed by atoms with Gasteiger partial charge in [0.1, 0.15) is 17.2 Å². The zero-order chi connectivity index (χ0) is 21.2. The quantitative estimate of drug-likeness (QED) is 0.483. The van der Waals surface area contributed by atoms with Gasteiger partial charge in [0.15, 0.2) is 19.0 Å². The summed E-state index contributed by atoms with van der Waals surface area (Å²) in [6, 6.07) is 11.4. The van der Waals surface area contributed by atoms with Crippen molar-refractivity contribution in [1.82, 2.24) is 0 Å². The maximum atomic E-state index is 12.0. The molecular formula is C21H23NO7. The fourth-order valence-electron chi connectivity index (χ4n) is 2.37. The van der Waals surface area contributed by atoms with Crippen LogP contribution in [0.25, 0.3) is 0 Å². The van der Waals surface area contributed by atoms with Crippen LogP contribution in [0.2, 0.25) is 0 Å². The van der Waals surface area contributed by atoms with Crippen molar-refractivity contribution in [3.63, 3.8) is 0 Å². The van der Waals surface area contributed by atoms with Crippen molar-refractivity contribution in [1.29, 1.82) is 0 Å². The Kier molecular flexibility index (Phi) is 8.02. The van der Waals surface area contributed by atoms with Gasteiger partial charge in [0.05, 0.1) is 19.9 Å². The maximum absolute atomic E-state index is 12.0. The summed E-state index contributed by atoms with van der Waals surface area (Å²) in [5, 5.41) is 2.59. The minimum atomic E-state index is -0.702. The van der Waals surface area contributed by atoms with Gasteiger partial charge >= 0.3 is 5.97 Å². The van der Waals surface area contributed by atoms with Gasteiger partial charge in [-0.1, -0.05) is 6.92 Å². The number of ketones is 1. The van der Waals surface area contributed by atoms with Gasteiger partial charge in [0.2, 0.25) is 0 Å². The fraction of sp³-hybridized carbons (Fsp3) is 0.286.